The van der Waals surface area contributed by atoms with Gasteiger partial charge in [0.2, 0.25) is 0 Å². The van der Waals surface area contributed by atoms with Crippen LogP contribution in [0, 0.1) is 0 Å². The number of benzene rings is 2. The van der Waals surface area contributed by atoms with Crippen LogP contribution in [0.15, 0.2) is 48.5 Å². The van der Waals surface area contributed by atoms with E-state index in [1.165, 1.54) is 4.90 Å². The largest absolute Gasteiger partial charge is 0.347 e. The Hall–Kier alpha value is -2.48. The predicted octanol–water partition coefficient (Wildman–Crippen LogP) is 6.06. The van der Waals surface area contributed by atoms with Crippen LogP contribution < -0.4 is 10.2 Å². The standard InChI is InChI=1S/C22H26Cl2N4O3/c1-4-5-12-26-21(30)27(18-11-7-9-16(24)14-18)19(22(26,2)3)28(31)20(29)25-17-10-6-8-15(23)13-17/h6-11,13-14,19,31H,4-5,12H2,1-3H3,(H,25,29)/t19-/m0/s1. The molecule has 166 valence electrons. The van der Waals surface area contributed by atoms with Gasteiger partial charge in [0, 0.05) is 28.0 Å². The normalized spacial score (nSPS) is 17.7. The number of hydroxylamine groups is 2. The van der Waals surface area contributed by atoms with Crippen molar-refractivity contribution in [2.45, 2.75) is 45.3 Å². The van der Waals surface area contributed by atoms with Gasteiger partial charge in [0.1, 0.15) is 0 Å². The molecule has 2 aromatic rings. The van der Waals surface area contributed by atoms with Crippen molar-refractivity contribution in [1.82, 2.24) is 9.96 Å². The Kier molecular flexibility index (Phi) is 6.99. The molecule has 1 fully saturated rings. The van der Waals surface area contributed by atoms with Crippen LogP contribution in [0.5, 0.6) is 0 Å². The Bertz CT molecular complexity index is 969. The van der Waals surface area contributed by atoms with Gasteiger partial charge in [-0.1, -0.05) is 48.7 Å². The smallest absolute Gasteiger partial charge is 0.315 e. The van der Waals surface area contributed by atoms with Gasteiger partial charge in [-0.25, -0.2) is 9.59 Å². The molecule has 1 atom stereocenters. The first-order valence-electron chi connectivity index (χ1n) is 10.1. The summed E-state index contributed by atoms with van der Waals surface area (Å²) in [6.45, 7) is 6.19. The number of halogens is 2. The summed E-state index contributed by atoms with van der Waals surface area (Å²) in [5, 5.41) is 15.1. The Labute approximate surface area is 192 Å². The van der Waals surface area contributed by atoms with Crippen molar-refractivity contribution in [2.75, 3.05) is 16.8 Å². The molecule has 4 amide bonds. The predicted molar refractivity (Wildman–Crippen MR) is 123 cm³/mol. The summed E-state index contributed by atoms with van der Waals surface area (Å²) in [6.07, 6.45) is 0.708. The van der Waals surface area contributed by atoms with E-state index in [4.69, 9.17) is 23.2 Å². The van der Waals surface area contributed by atoms with E-state index >= 15 is 0 Å². The molecule has 0 aliphatic carbocycles. The molecule has 0 saturated carbocycles. The number of carbonyl (C=O) groups is 2. The van der Waals surface area contributed by atoms with Crippen molar-refractivity contribution < 1.29 is 14.8 Å². The highest BCUT2D eigenvalue weighted by atomic mass is 35.5. The second kappa shape index (κ2) is 9.34. The number of nitrogens with one attached hydrogen (secondary N) is 1. The monoisotopic (exact) mass is 464 g/mol. The topological polar surface area (TPSA) is 76.1 Å². The van der Waals surface area contributed by atoms with Crippen LogP contribution in [0.3, 0.4) is 0 Å². The van der Waals surface area contributed by atoms with Crippen LogP contribution in [0.25, 0.3) is 0 Å². The lowest BCUT2D eigenvalue weighted by atomic mass is 9.99. The number of rotatable bonds is 6. The second-order valence-electron chi connectivity index (χ2n) is 7.95. The minimum atomic E-state index is -0.991. The van der Waals surface area contributed by atoms with Gasteiger partial charge in [-0.2, -0.15) is 5.06 Å². The maximum absolute atomic E-state index is 13.4. The summed E-state index contributed by atoms with van der Waals surface area (Å²) < 4.78 is 0. The fraction of sp³-hybridized carbons (Fsp3) is 0.364. The Morgan fingerprint density at radius 3 is 2.42 bits per heavy atom. The fourth-order valence-corrected chi connectivity index (χ4v) is 4.16. The van der Waals surface area contributed by atoms with Crippen LogP contribution in [0.1, 0.15) is 33.6 Å². The molecule has 0 aromatic heterocycles. The lowest BCUT2D eigenvalue weighted by molar-refractivity contribution is -0.0949. The third-order valence-electron chi connectivity index (χ3n) is 5.35. The first kappa shape index (κ1) is 23.2. The first-order chi connectivity index (χ1) is 14.7. The van der Waals surface area contributed by atoms with Gasteiger partial charge in [-0.15, -0.1) is 0 Å². The van der Waals surface area contributed by atoms with E-state index in [-0.39, 0.29) is 6.03 Å². The highest BCUT2D eigenvalue weighted by Crippen LogP contribution is 2.38. The van der Waals surface area contributed by atoms with Crippen molar-refractivity contribution in [3.63, 3.8) is 0 Å². The van der Waals surface area contributed by atoms with Crippen LogP contribution in [-0.2, 0) is 0 Å². The molecule has 0 radical (unpaired) electrons. The fourth-order valence-electron chi connectivity index (χ4n) is 3.78. The SMILES string of the molecule is CCCCN1C(=O)N(c2cccc(Cl)c2)[C@@H](N(O)C(=O)Nc2cccc(Cl)c2)C1(C)C. The van der Waals surface area contributed by atoms with Crippen LogP contribution in [-0.4, -0.2) is 45.5 Å². The molecule has 0 bridgehead atoms. The summed E-state index contributed by atoms with van der Waals surface area (Å²) >= 11 is 12.1. The molecular weight excluding hydrogens is 439 g/mol. The molecule has 2 N–H and O–H groups in total. The molecule has 0 spiro atoms. The van der Waals surface area contributed by atoms with E-state index in [1.54, 1.807) is 53.4 Å². The second-order valence-corrected chi connectivity index (χ2v) is 8.82. The zero-order valence-corrected chi connectivity index (χ0v) is 19.2. The molecule has 9 heteroatoms. The van der Waals surface area contributed by atoms with Gasteiger partial charge in [0.15, 0.2) is 6.17 Å². The molecular formula is C22H26Cl2N4O3. The Morgan fingerprint density at radius 1 is 1.16 bits per heavy atom. The van der Waals surface area contributed by atoms with E-state index in [0.717, 1.165) is 12.8 Å². The number of hydrogen-bond acceptors (Lipinski definition) is 3. The van der Waals surface area contributed by atoms with Crippen molar-refractivity contribution in [3.8, 4) is 0 Å². The van der Waals surface area contributed by atoms with Crippen molar-refractivity contribution in [1.29, 1.82) is 0 Å². The summed E-state index contributed by atoms with van der Waals surface area (Å²) in [5.74, 6) is 0. The molecule has 1 aliphatic heterocycles. The minimum absolute atomic E-state index is 0.305. The molecule has 31 heavy (non-hydrogen) atoms. The summed E-state index contributed by atoms with van der Waals surface area (Å²) in [7, 11) is 0. The van der Waals surface area contributed by atoms with Crippen LogP contribution in [0.2, 0.25) is 10.0 Å². The number of carbonyl (C=O) groups excluding carboxylic acids is 2. The lowest BCUT2D eigenvalue weighted by Crippen LogP contribution is -2.58. The molecule has 1 heterocycles. The average molecular weight is 465 g/mol. The summed E-state index contributed by atoms with van der Waals surface area (Å²) in [4.78, 5) is 29.4. The van der Waals surface area contributed by atoms with Gasteiger partial charge in [-0.3, -0.25) is 10.1 Å². The van der Waals surface area contributed by atoms with Crippen LogP contribution in [0.4, 0.5) is 21.0 Å². The quantitative estimate of drug-likeness (QED) is 0.402. The number of nitrogens with zero attached hydrogens (tertiary/aromatic N) is 3. The molecule has 0 unspecified atom stereocenters. The molecule has 7 nitrogen and oxygen atoms in total. The van der Waals surface area contributed by atoms with Crippen LogP contribution >= 0.6 is 23.2 Å². The zero-order valence-electron chi connectivity index (χ0n) is 17.7. The summed E-state index contributed by atoms with van der Waals surface area (Å²) in [6, 6.07) is 12.3. The van der Waals surface area contributed by atoms with E-state index in [9.17, 15) is 14.8 Å². The highest BCUT2D eigenvalue weighted by Gasteiger charge is 2.55. The van der Waals surface area contributed by atoms with Crippen molar-refractivity contribution >= 4 is 46.6 Å². The van der Waals surface area contributed by atoms with E-state index in [2.05, 4.69) is 5.32 Å². The van der Waals surface area contributed by atoms with E-state index < -0.39 is 17.7 Å². The average Bonchev–Trinajstić information content (AvgIpc) is 2.90. The Balaban J connectivity index is 1.97. The molecule has 2 aromatic carbocycles. The number of hydrogen-bond donors (Lipinski definition) is 2. The van der Waals surface area contributed by atoms with Gasteiger partial charge in [-0.05, 0) is 56.7 Å². The number of amides is 4. The first-order valence-corrected chi connectivity index (χ1v) is 10.8. The maximum atomic E-state index is 13.4. The lowest BCUT2D eigenvalue weighted by Gasteiger charge is -2.38. The molecule has 3 rings (SSSR count). The Morgan fingerprint density at radius 2 is 1.81 bits per heavy atom. The van der Waals surface area contributed by atoms with Gasteiger partial charge in [0.05, 0.1) is 5.54 Å². The van der Waals surface area contributed by atoms with Crippen molar-refractivity contribution in [3.05, 3.63) is 58.6 Å². The van der Waals surface area contributed by atoms with Gasteiger partial charge in [0.25, 0.3) is 0 Å². The summed E-state index contributed by atoms with van der Waals surface area (Å²) in [5.41, 5.74) is 0.0367. The third kappa shape index (κ3) is 4.74. The van der Waals surface area contributed by atoms with E-state index in [1.807, 2.05) is 20.8 Å². The molecule has 1 aliphatic rings. The van der Waals surface area contributed by atoms with E-state index in [0.29, 0.717) is 33.0 Å². The zero-order chi connectivity index (χ0) is 22.8. The van der Waals surface area contributed by atoms with Gasteiger partial charge < -0.3 is 10.2 Å². The van der Waals surface area contributed by atoms with Crippen molar-refractivity contribution in [2.24, 2.45) is 0 Å². The molecule has 1 saturated heterocycles. The third-order valence-corrected chi connectivity index (χ3v) is 5.82. The highest BCUT2D eigenvalue weighted by molar-refractivity contribution is 6.31. The number of urea groups is 2. The number of anilines is 2. The maximum Gasteiger partial charge on any atom is 0.347 e. The number of unbranched alkanes of at least 4 members (excludes halogenated alkanes) is 1. The van der Waals surface area contributed by atoms with Gasteiger partial charge >= 0.3 is 12.1 Å². The minimum Gasteiger partial charge on any atom is -0.315 e.